The van der Waals surface area contributed by atoms with E-state index in [9.17, 15) is 9.59 Å². The van der Waals surface area contributed by atoms with Crippen LogP contribution in [0.4, 0.5) is 0 Å². The largest absolute Gasteiger partial charge is 0.339 e. The Morgan fingerprint density at radius 2 is 2.08 bits per heavy atom. The molecule has 2 aliphatic heterocycles. The van der Waals surface area contributed by atoms with Gasteiger partial charge in [0, 0.05) is 31.3 Å². The highest BCUT2D eigenvalue weighted by Gasteiger charge is 2.38. The van der Waals surface area contributed by atoms with E-state index in [4.69, 9.17) is 0 Å². The fraction of sp³-hybridized carbons (Fsp3) is 0.800. The molecule has 13 heavy (non-hydrogen) atoms. The van der Waals surface area contributed by atoms with Crippen molar-refractivity contribution in [2.75, 3.05) is 6.54 Å². The van der Waals surface area contributed by atoms with E-state index in [1.54, 1.807) is 0 Å². The van der Waals surface area contributed by atoms with Crippen molar-refractivity contribution in [3.63, 3.8) is 0 Å². The Hall–Kier alpha value is -0.860. The van der Waals surface area contributed by atoms with Crippen LogP contribution in [0.3, 0.4) is 0 Å². The first-order chi connectivity index (χ1) is 6.20. The average molecular weight is 181 g/mol. The highest BCUT2D eigenvalue weighted by Crippen LogP contribution is 2.29. The zero-order valence-electron chi connectivity index (χ0n) is 7.95. The molecule has 2 rings (SSSR count). The maximum Gasteiger partial charge on any atom is 0.222 e. The first kappa shape index (κ1) is 8.73. The fourth-order valence-corrected chi connectivity index (χ4v) is 2.43. The van der Waals surface area contributed by atoms with Crippen molar-refractivity contribution in [1.29, 1.82) is 0 Å². The van der Waals surface area contributed by atoms with Gasteiger partial charge in [-0.2, -0.15) is 0 Å². The van der Waals surface area contributed by atoms with Crippen LogP contribution in [0.15, 0.2) is 0 Å². The summed E-state index contributed by atoms with van der Waals surface area (Å²) in [5, 5.41) is 0. The normalized spacial score (nSPS) is 34.7. The number of amides is 1. The van der Waals surface area contributed by atoms with Gasteiger partial charge < -0.3 is 4.90 Å². The number of nitrogens with zero attached hydrogens (tertiary/aromatic N) is 1. The summed E-state index contributed by atoms with van der Waals surface area (Å²) in [4.78, 5) is 24.8. The summed E-state index contributed by atoms with van der Waals surface area (Å²) in [5.74, 6) is 0.643. The molecular weight excluding hydrogens is 166 g/mol. The average Bonchev–Trinajstić information content (AvgIpc) is 2.12. The molecule has 0 aromatic rings. The molecule has 2 aliphatic rings. The number of hydrogen-bond acceptors (Lipinski definition) is 2. The highest BCUT2D eigenvalue weighted by molar-refractivity contribution is 5.86. The SMILES string of the molecule is CC1C(=O)CCN2C(=O)CCCC12. The predicted octanol–water partition coefficient (Wildman–Crippen LogP) is 0.976. The third-order valence-electron chi connectivity index (χ3n) is 3.30. The number of ketones is 1. The molecule has 0 radical (unpaired) electrons. The number of carbonyl (C=O) groups excluding carboxylic acids is 2. The van der Waals surface area contributed by atoms with E-state index in [-0.39, 0.29) is 17.9 Å². The molecule has 3 heteroatoms. The van der Waals surface area contributed by atoms with Gasteiger partial charge in [-0.3, -0.25) is 9.59 Å². The number of hydrogen-bond donors (Lipinski definition) is 0. The molecule has 0 bridgehead atoms. The van der Waals surface area contributed by atoms with Crippen molar-refractivity contribution in [3.05, 3.63) is 0 Å². The van der Waals surface area contributed by atoms with E-state index in [1.165, 1.54) is 0 Å². The van der Waals surface area contributed by atoms with Crippen LogP contribution in [-0.4, -0.2) is 29.2 Å². The Morgan fingerprint density at radius 1 is 1.31 bits per heavy atom. The lowest BCUT2D eigenvalue weighted by Gasteiger charge is -2.42. The smallest absolute Gasteiger partial charge is 0.222 e. The van der Waals surface area contributed by atoms with Crippen molar-refractivity contribution < 1.29 is 9.59 Å². The molecule has 3 nitrogen and oxygen atoms in total. The molecule has 0 aromatic heterocycles. The van der Waals surface area contributed by atoms with Gasteiger partial charge in [0.05, 0.1) is 0 Å². The topological polar surface area (TPSA) is 37.4 Å². The van der Waals surface area contributed by atoms with E-state index >= 15 is 0 Å². The number of fused-ring (bicyclic) bond motifs is 1. The molecule has 2 saturated heterocycles. The van der Waals surface area contributed by atoms with Crippen LogP contribution in [0.2, 0.25) is 0 Å². The molecule has 0 aromatic carbocycles. The predicted molar refractivity (Wildman–Crippen MR) is 48.1 cm³/mol. The first-order valence-corrected chi connectivity index (χ1v) is 5.02. The van der Waals surface area contributed by atoms with Crippen molar-refractivity contribution in [2.24, 2.45) is 5.92 Å². The highest BCUT2D eigenvalue weighted by atomic mass is 16.2. The van der Waals surface area contributed by atoms with Gasteiger partial charge in [0.25, 0.3) is 0 Å². The maximum absolute atomic E-state index is 11.5. The summed E-state index contributed by atoms with van der Waals surface area (Å²) in [7, 11) is 0. The van der Waals surface area contributed by atoms with Crippen molar-refractivity contribution in [2.45, 2.75) is 38.6 Å². The molecule has 0 aliphatic carbocycles. The molecule has 0 spiro atoms. The molecule has 72 valence electrons. The third kappa shape index (κ3) is 1.36. The zero-order chi connectivity index (χ0) is 9.42. The van der Waals surface area contributed by atoms with E-state index in [0.29, 0.717) is 25.2 Å². The van der Waals surface area contributed by atoms with Crippen LogP contribution in [-0.2, 0) is 9.59 Å². The quantitative estimate of drug-likeness (QED) is 0.558. The lowest BCUT2D eigenvalue weighted by atomic mass is 9.84. The molecule has 2 heterocycles. The standard InChI is InChI=1S/C10H15NO2/c1-7-8-3-2-4-10(13)11(8)6-5-9(7)12/h7-8H,2-6H2,1H3. The third-order valence-corrected chi connectivity index (χ3v) is 3.30. The molecule has 0 saturated carbocycles. The van der Waals surface area contributed by atoms with Gasteiger partial charge >= 0.3 is 0 Å². The second-order valence-corrected chi connectivity index (χ2v) is 4.05. The second-order valence-electron chi connectivity index (χ2n) is 4.05. The summed E-state index contributed by atoms with van der Waals surface area (Å²) in [6.07, 6.45) is 3.21. The number of piperidine rings is 2. The minimum atomic E-state index is 0.0676. The van der Waals surface area contributed by atoms with Gasteiger partial charge in [-0.25, -0.2) is 0 Å². The van der Waals surface area contributed by atoms with Crippen molar-refractivity contribution in [3.8, 4) is 0 Å². The summed E-state index contributed by atoms with van der Waals surface area (Å²) < 4.78 is 0. The number of Topliss-reactive ketones (excluding diaryl/α,β-unsaturated/α-hetero) is 1. The zero-order valence-corrected chi connectivity index (χ0v) is 7.95. The van der Waals surface area contributed by atoms with E-state index in [1.807, 2.05) is 11.8 Å². The minimum Gasteiger partial charge on any atom is -0.339 e. The Balaban J connectivity index is 2.17. The van der Waals surface area contributed by atoms with Crippen molar-refractivity contribution in [1.82, 2.24) is 4.90 Å². The Labute approximate surface area is 78.1 Å². The van der Waals surface area contributed by atoms with Crippen LogP contribution < -0.4 is 0 Å². The Morgan fingerprint density at radius 3 is 2.85 bits per heavy atom. The van der Waals surface area contributed by atoms with Crippen LogP contribution in [0, 0.1) is 5.92 Å². The van der Waals surface area contributed by atoms with Crippen molar-refractivity contribution >= 4 is 11.7 Å². The monoisotopic (exact) mass is 181 g/mol. The van der Waals surface area contributed by atoms with Gasteiger partial charge in [-0.15, -0.1) is 0 Å². The van der Waals surface area contributed by atoms with E-state index < -0.39 is 0 Å². The summed E-state index contributed by atoms with van der Waals surface area (Å²) in [5.41, 5.74) is 0. The lowest BCUT2D eigenvalue weighted by Crippen LogP contribution is -2.53. The molecule has 2 unspecified atom stereocenters. The molecule has 2 atom stereocenters. The fourth-order valence-electron chi connectivity index (χ4n) is 2.43. The molecule has 1 amide bonds. The first-order valence-electron chi connectivity index (χ1n) is 5.02. The summed E-state index contributed by atoms with van der Waals surface area (Å²) >= 11 is 0. The number of rotatable bonds is 0. The van der Waals surface area contributed by atoms with Crippen LogP contribution in [0.25, 0.3) is 0 Å². The maximum atomic E-state index is 11.5. The van der Waals surface area contributed by atoms with E-state index in [0.717, 1.165) is 12.8 Å². The van der Waals surface area contributed by atoms with Gasteiger partial charge in [-0.05, 0) is 12.8 Å². The Kier molecular flexibility index (Phi) is 2.10. The molecule has 2 fully saturated rings. The minimum absolute atomic E-state index is 0.0676. The van der Waals surface area contributed by atoms with Crippen LogP contribution >= 0.6 is 0 Å². The lowest BCUT2D eigenvalue weighted by molar-refractivity contribution is -0.144. The molecular formula is C10H15NO2. The second kappa shape index (κ2) is 3.13. The van der Waals surface area contributed by atoms with Gasteiger partial charge in [-0.1, -0.05) is 6.92 Å². The number of carbonyl (C=O) groups is 2. The van der Waals surface area contributed by atoms with Gasteiger partial charge in [0.2, 0.25) is 5.91 Å². The summed E-state index contributed by atoms with van der Waals surface area (Å²) in [6.45, 7) is 2.62. The van der Waals surface area contributed by atoms with Gasteiger partial charge in [0.15, 0.2) is 0 Å². The van der Waals surface area contributed by atoms with E-state index in [2.05, 4.69) is 0 Å². The van der Waals surface area contributed by atoms with Crippen LogP contribution in [0.5, 0.6) is 0 Å². The Bertz CT molecular complexity index is 249. The van der Waals surface area contributed by atoms with Gasteiger partial charge in [0.1, 0.15) is 5.78 Å². The summed E-state index contributed by atoms with van der Waals surface area (Å²) in [6, 6.07) is 0.211. The van der Waals surface area contributed by atoms with Crippen LogP contribution in [0.1, 0.15) is 32.6 Å². The molecule has 0 N–H and O–H groups in total.